The second kappa shape index (κ2) is 3.54. The lowest BCUT2D eigenvalue weighted by Gasteiger charge is -2.38. The summed E-state index contributed by atoms with van der Waals surface area (Å²) in [7, 11) is 0. The van der Waals surface area contributed by atoms with Gasteiger partial charge >= 0.3 is 0 Å². The first-order chi connectivity index (χ1) is 6.64. The molecule has 0 aromatic carbocycles. The molecule has 3 heteroatoms. The largest absolute Gasteiger partial charge is 0.342 e. The predicted molar refractivity (Wildman–Crippen MR) is 55.7 cm³/mol. The van der Waals surface area contributed by atoms with Crippen molar-refractivity contribution in [1.29, 1.82) is 0 Å². The van der Waals surface area contributed by atoms with Crippen LogP contribution in [-0.4, -0.2) is 30.4 Å². The van der Waals surface area contributed by atoms with Crippen LogP contribution in [0.25, 0.3) is 0 Å². The molecule has 0 spiro atoms. The quantitative estimate of drug-likeness (QED) is 0.715. The van der Waals surface area contributed by atoms with Gasteiger partial charge in [0.2, 0.25) is 5.91 Å². The number of hydrogen-bond acceptors (Lipinski definition) is 2. The molecular weight excluding hydrogens is 176 g/mol. The molecule has 1 saturated heterocycles. The standard InChI is InChI=1S/C11H20N2O/c1-11(8-12)4-6-13(7-5-11)10(14)9-2-3-9/h9H,2-8,12H2,1H3. The number of amides is 1. The lowest BCUT2D eigenvalue weighted by atomic mass is 9.80. The lowest BCUT2D eigenvalue weighted by Crippen LogP contribution is -2.45. The molecule has 0 atom stereocenters. The van der Waals surface area contributed by atoms with E-state index in [0.717, 1.165) is 45.3 Å². The summed E-state index contributed by atoms with van der Waals surface area (Å²) in [5.41, 5.74) is 6.01. The first-order valence-electron chi connectivity index (χ1n) is 5.63. The number of nitrogens with two attached hydrogens (primary N) is 1. The van der Waals surface area contributed by atoms with Crippen LogP contribution in [0.1, 0.15) is 32.6 Å². The Balaban J connectivity index is 1.86. The van der Waals surface area contributed by atoms with Gasteiger partial charge in [-0.15, -0.1) is 0 Å². The third-order valence-electron chi connectivity index (χ3n) is 3.70. The van der Waals surface area contributed by atoms with Crippen molar-refractivity contribution in [1.82, 2.24) is 4.90 Å². The van der Waals surface area contributed by atoms with Crippen LogP contribution in [0, 0.1) is 11.3 Å². The van der Waals surface area contributed by atoms with Crippen molar-refractivity contribution in [3.63, 3.8) is 0 Å². The van der Waals surface area contributed by atoms with E-state index in [1.54, 1.807) is 0 Å². The maximum atomic E-state index is 11.8. The molecular formula is C11H20N2O. The number of carbonyl (C=O) groups is 1. The summed E-state index contributed by atoms with van der Waals surface area (Å²) in [4.78, 5) is 13.8. The molecule has 1 saturated carbocycles. The lowest BCUT2D eigenvalue weighted by molar-refractivity contribution is -0.134. The van der Waals surface area contributed by atoms with E-state index in [9.17, 15) is 4.79 Å². The minimum atomic E-state index is 0.278. The maximum Gasteiger partial charge on any atom is 0.225 e. The molecule has 1 amide bonds. The summed E-state index contributed by atoms with van der Waals surface area (Å²) in [6, 6.07) is 0. The Morgan fingerprint density at radius 2 is 2.00 bits per heavy atom. The average molecular weight is 196 g/mol. The molecule has 0 radical (unpaired) electrons. The highest BCUT2D eigenvalue weighted by molar-refractivity contribution is 5.81. The van der Waals surface area contributed by atoms with Crippen LogP contribution < -0.4 is 5.73 Å². The van der Waals surface area contributed by atoms with E-state index in [-0.39, 0.29) is 5.41 Å². The van der Waals surface area contributed by atoms with Gasteiger partial charge in [-0.1, -0.05) is 6.92 Å². The minimum Gasteiger partial charge on any atom is -0.342 e. The van der Waals surface area contributed by atoms with Crippen LogP contribution in [0.15, 0.2) is 0 Å². The summed E-state index contributed by atoms with van der Waals surface area (Å²) in [5.74, 6) is 0.765. The van der Waals surface area contributed by atoms with Gasteiger partial charge < -0.3 is 10.6 Å². The Kier molecular flexibility index (Phi) is 2.52. The van der Waals surface area contributed by atoms with E-state index in [1.165, 1.54) is 0 Å². The molecule has 1 aliphatic heterocycles. The normalized spacial score (nSPS) is 26.3. The fourth-order valence-corrected chi connectivity index (χ4v) is 2.06. The van der Waals surface area contributed by atoms with E-state index < -0.39 is 0 Å². The number of piperidine rings is 1. The Bertz CT molecular complexity index is 227. The second-order valence-corrected chi connectivity index (χ2v) is 5.11. The zero-order chi connectivity index (χ0) is 10.2. The molecule has 2 fully saturated rings. The van der Waals surface area contributed by atoms with Crippen LogP contribution in [-0.2, 0) is 4.79 Å². The van der Waals surface area contributed by atoms with Crippen molar-refractivity contribution in [3.05, 3.63) is 0 Å². The molecule has 2 aliphatic rings. The highest BCUT2D eigenvalue weighted by atomic mass is 16.2. The van der Waals surface area contributed by atoms with Gasteiger partial charge in [-0.05, 0) is 37.6 Å². The highest BCUT2D eigenvalue weighted by Gasteiger charge is 2.37. The number of nitrogens with zero attached hydrogens (tertiary/aromatic N) is 1. The van der Waals surface area contributed by atoms with Crippen molar-refractivity contribution < 1.29 is 4.79 Å². The second-order valence-electron chi connectivity index (χ2n) is 5.11. The third kappa shape index (κ3) is 1.92. The smallest absolute Gasteiger partial charge is 0.225 e. The molecule has 1 heterocycles. The van der Waals surface area contributed by atoms with Gasteiger partial charge in [0.15, 0.2) is 0 Å². The fourth-order valence-electron chi connectivity index (χ4n) is 2.06. The van der Waals surface area contributed by atoms with Gasteiger partial charge in [0.05, 0.1) is 0 Å². The molecule has 0 aromatic heterocycles. The monoisotopic (exact) mass is 196 g/mol. The minimum absolute atomic E-state index is 0.278. The summed E-state index contributed by atoms with van der Waals surface area (Å²) in [6.07, 6.45) is 4.37. The topological polar surface area (TPSA) is 46.3 Å². The summed E-state index contributed by atoms with van der Waals surface area (Å²) in [5, 5.41) is 0. The van der Waals surface area contributed by atoms with E-state index in [2.05, 4.69) is 6.92 Å². The van der Waals surface area contributed by atoms with Crippen LogP contribution in [0.4, 0.5) is 0 Å². The van der Waals surface area contributed by atoms with E-state index in [1.807, 2.05) is 4.90 Å². The van der Waals surface area contributed by atoms with E-state index in [4.69, 9.17) is 5.73 Å². The number of rotatable bonds is 2. The first kappa shape index (κ1) is 9.97. The number of likely N-dealkylation sites (tertiary alicyclic amines) is 1. The van der Waals surface area contributed by atoms with E-state index >= 15 is 0 Å². The van der Waals surface area contributed by atoms with Crippen molar-refractivity contribution in [3.8, 4) is 0 Å². The first-order valence-corrected chi connectivity index (χ1v) is 5.63. The van der Waals surface area contributed by atoms with Crippen LogP contribution in [0.5, 0.6) is 0 Å². The Morgan fingerprint density at radius 3 is 2.43 bits per heavy atom. The van der Waals surface area contributed by atoms with Gasteiger partial charge in [0.1, 0.15) is 0 Å². The van der Waals surface area contributed by atoms with Crippen molar-refractivity contribution in [2.75, 3.05) is 19.6 Å². The van der Waals surface area contributed by atoms with Gasteiger partial charge in [0, 0.05) is 19.0 Å². The van der Waals surface area contributed by atoms with Crippen molar-refractivity contribution in [2.24, 2.45) is 17.1 Å². The van der Waals surface area contributed by atoms with Gasteiger partial charge in [-0.3, -0.25) is 4.79 Å². The molecule has 0 bridgehead atoms. The predicted octanol–water partition coefficient (Wildman–Crippen LogP) is 0.984. The Hall–Kier alpha value is -0.570. The van der Waals surface area contributed by atoms with Gasteiger partial charge in [-0.25, -0.2) is 0 Å². The number of hydrogen-bond donors (Lipinski definition) is 1. The Labute approximate surface area is 85.6 Å². The van der Waals surface area contributed by atoms with Gasteiger partial charge in [0.25, 0.3) is 0 Å². The highest BCUT2D eigenvalue weighted by Crippen LogP contribution is 2.35. The summed E-state index contributed by atoms with van der Waals surface area (Å²) < 4.78 is 0. The van der Waals surface area contributed by atoms with Crippen molar-refractivity contribution >= 4 is 5.91 Å². The van der Waals surface area contributed by atoms with Crippen LogP contribution in [0.2, 0.25) is 0 Å². The molecule has 2 N–H and O–H groups in total. The Morgan fingerprint density at radius 1 is 1.43 bits per heavy atom. The SMILES string of the molecule is CC1(CN)CCN(C(=O)C2CC2)CC1. The zero-order valence-corrected chi connectivity index (χ0v) is 8.96. The summed E-state index contributed by atoms with van der Waals surface area (Å²) >= 11 is 0. The summed E-state index contributed by atoms with van der Waals surface area (Å²) in [6.45, 7) is 4.82. The average Bonchev–Trinajstić information content (AvgIpc) is 3.01. The molecule has 14 heavy (non-hydrogen) atoms. The molecule has 0 aromatic rings. The molecule has 1 aliphatic carbocycles. The van der Waals surface area contributed by atoms with E-state index in [0.29, 0.717) is 11.8 Å². The van der Waals surface area contributed by atoms with Crippen LogP contribution >= 0.6 is 0 Å². The van der Waals surface area contributed by atoms with Crippen molar-refractivity contribution in [2.45, 2.75) is 32.6 Å². The van der Waals surface area contributed by atoms with Gasteiger partial charge in [-0.2, -0.15) is 0 Å². The third-order valence-corrected chi connectivity index (χ3v) is 3.70. The fraction of sp³-hybridized carbons (Fsp3) is 0.909. The maximum absolute atomic E-state index is 11.8. The molecule has 2 rings (SSSR count). The molecule has 0 unspecified atom stereocenters. The number of carbonyl (C=O) groups excluding carboxylic acids is 1. The zero-order valence-electron chi connectivity index (χ0n) is 8.96. The molecule has 3 nitrogen and oxygen atoms in total. The van der Waals surface area contributed by atoms with Crippen LogP contribution in [0.3, 0.4) is 0 Å². The molecule has 80 valence electrons.